The van der Waals surface area contributed by atoms with E-state index in [0.717, 1.165) is 42.1 Å². The third-order valence-electron chi connectivity index (χ3n) is 4.46. The largest absolute Gasteiger partial charge is 0.297 e. The summed E-state index contributed by atoms with van der Waals surface area (Å²) in [4.78, 5) is 21.1. The number of nitrogens with zero attached hydrogens (tertiary/aromatic N) is 3. The maximum absolute atomic E-state index is 12.2. The molecule has 0 spiro atoms. The van der Waals surface area contributed by atoms with Crippen molar-refractivity contribution >= 4 is 28.1 Å². The molecule has 1 aromatic heterocycles. The van der Waals surface area contributed by atoms with E-state index in [-0.39, 0.29) is 5.91 Å². The number of carbonyl (C=O) groups excluding carboxylic acids is 1. The molecule has 0 aliphatic carbocycles. The number of hydrogen-bond donors (Lipinski definition) is 0. The quantitative estimate of drug-likeness (QED) is 0.827. The molecule has 1 atom stereocenters. The molecule has 128 valence electrons. The van der Waals surface area contributed by atoms with Gasteiger partial charge in [-0.1, -0.05) is 24.6 Å². The number of amides is 1. The Morgan fingerprint density at radius 2 is 2.12 bits per heavy atom. The van der Waals surface area contributed by atoms with Crippen LogP contribution < -0.4 is 4.90 Å². The average Bonchev–Trinajstić information content (AvgIpc) is 2.97. The number of aryl methyl sites for hydroxylation is 1. The summed E-state index contributed by atoms with van der Waals surface area (Å²) in [7, 11) is 0. The Kier molecular flexibility index (Phi) is 5.31. The molecule has 1 aliphatic heterocycles. The van der Waals surface area contributed by atoms with Crippen LogP contribution in [0.4, 0.5) is 10.8 Å². The van der Waals surface area contributed by atoms with Gasteiger partial charge < -0.3 is 0 Å². The van der Waals surface area contributed by atoms with Gasteiger partial charge in [-0.2, -0.15) is 0 Å². The predicted octanol–water partition coefficient (Wildman–Crippen LogP) is 4.37. The first kappa shape index (κ1) is 17.1. The van der Waals surface area contributed by atoms with Crippen molar-refractivity contribution in [3.8, 4) is 0 Å². The summed E-state index contributed by atoms with van der Waals surface area (Å²) in [6.07, 6.45) is 2.59. The summed E-state index contributed by atoms with van der Waals surface area (Å²) >= 11 is 1.54. The van der Waals surface area contributed by atoms with Gasteiger partial charge in [0.05, 0.1) is 11.4 Å². The van der Waals surface area contributed by atoms with Crippen LogP contribution in [-0.2, 0) is 11.3 Å². The van der Waals surface area contributed by atoms with E-state index in [1.165, 1.54) is 18.4 Å². The maximum atomic E-state index is 12.2. The lowest BCUT2D eigenvalue weighted by atomic mass is 10.0. The molecule has 0 N–H and O–H groups in total. The minimum absolute atomic E-state index is 0.00801. The molecule has 1 aliphatic rings. The van der Waals surface area contributed by atoms with Crippen LogP contribution in [0.2, 0.25) is 0 Å². The summed E-state index contributed by atoms with van der Waals surface area (Å²) in [6, 6.07) is 8.00. The second-order valence-corrected chi connectivity index (χ2v) is 7.63. The van der Waals surface area contributed by atoms with E-state index in [9.17, 15) is 4.79 Å². The van der Waals surface area contributed by atoms with Crippen molar-refractivity contribution in [2.45, 2.75) is 40.2 Å². The smallest absolute Gasteiger partial charge is 0.230 e. The van der Waals surface area contributed by atoms with Gasteiger partial charge in [-0.3, -0.25) is 14.6 Å². The molecule has 1 fully saturated rings. The third-order valence-corrected chi connectivity index (χ3v) is 5.34. The van der Waals surface area contributed by atoms with E-state index >= 15 is 0 Å². The lowest BCUT2D eigenvalue weighted by molar-refractivity contribution is -0.115. The molecular weight excluding hydrogens is 318 g/mol. The molecule has 2 aromatic rings. The van der Waals surface area contributed by atoms with Crippen molar-refractivity contribution in [1.29, 1.82) is 0 Å². The van der Waals surface area contributed by atoms with Gasteiger partial charge in [0.1, 0.15) is 0 Å². The van der Waals surface area contributed by atoms with E-state index in [4.69, 9.17) is 4.98 Å². The van der Waals surface area contributed by atoms with Gasteiger partial charge in [0, 0.05) is 25.4 Å². The number of anilines is 2. The molecule has 24 heavy (non-hydrogen) atoms. The Hall–Kier alpha value is -1.72. The van der Waals surface area contributed by atoms with Crippen molar-refractivity contribution < 1.29 is 4.79 Å². The minimum atomic E-state index is -0.00801. The van der Waals surface area contributed by atoms with Crippen molar-refractivity contribution in [2.75, 3.05) is 18.0 Å². The summed E-state index contributed by atoms with van der Waals surface area (Å²) < 4.78 is 0. The Balaban J connectivity index is 1.76. The van der Waals surface area contributed by atoms with Gasteiger partial charge in [0.25, 0.3) is 0 Å². The fourth-order valence-corrected chi connectivity index (χ4v) is 4.13. The van der Waals surface area contributed by atoms with Gasteiger partial charge in [-0.15, -0.1) is 11.3 Å². The van der Waals surface area contributed by atoms with Gasteiger partial charge in [-0.05, 0) is 44.4 Å². The Bertz CT molecular complexity index is 695. The van der Waals surface area contributed by atoms with Gasteiger partial charge in [0.15, 0.2) is 5.13 Å². The van der Waals surface area contributed by atoms with Crippen LogP contribution in [0.25, 0.3) is 0 Å². The van der Waals surface area contributed by atoms with Crippen LogP contribution in [0.15, 0.2) is 29.6 Å². The zero-order valence-electron chi connectivity index (χ0n) is 14.7. The number of thiazole rings is 1. The van der Waals surface area contributed by atoms with E-state index in [2.05, 4.69) is 17.2 Å². The Morgan fingerprint density at radius 1 is 1.38 bits per heavy atom. The maximum Gasteiger partial charge on any atom is 0.230 e. The first-order valence-corrected chi connectivity index (χ1v) is 9.45. The summed E-state index contributed by atoms with van der Waals surface area (Å²) in [5, 5.41) is 2.84. The van der Waals surface area contributed by atoms with Crippen LogP contribution in [-0.4, -0.2) is 28.9 Å². The second kappa shape index (κ2) is 7.45. The SMILES string of the molecule is CC(=O)N(c1ccc(C)cc1)c1nc(CN2CCCC(C)C2)cs1. The summed E-state index contributed by atoms with van der Waals surface area (Å²) in [5.41, 5.74) is 3.12. The Morgan fingerprint density at radius 3 is 2.79 bits per heavy atom. The van der Waals surface area contributed by atoms with Crippen molar-refractivity contribution in [1.82, 2.24) is 9.88 Å². The van der Waals surface area contributed by atoms with E-state index in [1.807, 2.05) is 31.2 Å². The molecule has 1 unspecified atom stereocenters. The third kappa shape index (κ3) is 4.02. The molecule has 0 saturated carbocycles. The lowest BCUT2D eigenvalue weighted by Crippen LogP contribution is -2.33. The van der Waals surface area contributed by atoms with Crippen LogP contribution in [0.3, 0.4) is 0 Å². The summed E-state index contributed by atoms with van der Waals surface area (Å²) in [5.74, 6) is 0.754. The number of hydrogen-bond acceptors (Lipinski definition) is 4. The second-order valence-electron chi connectivity index (χ2n) is 6.79. The van der Waals surface area contributed by atoms with Crippen LogP contribution in [0, 0.1) is 12.8 Å². The number of piperidine rings is 1. The highest BCUT2D eigenvalue weighted by Crippen LogP contribution is 2.30. The highest BCUT2D eigenvalue weighted by molar-refractivity contribution is 7.14. The van der Waals surface area contributed by atoms with E-state index in [1.54, 1.807) is 23.2 Å². The van der Waals surface area contributed by atoms with E-state index < -0.39 is 0 Å². The fraction of sp³-hybridized carbons (Fsp3) is 0.474. The number of benzene rings is 1. The van der Waals surface area contributed by atoms with Crippen LogP contribution in [0.1, 0.15) is 37.9 Å². The first-order chi connectivity index (χ1) is 11.5. The molecule has 1 saturated heterocycles. The van der Waals surface area contributed by atoms with Crippen molar-refractivity contribution in [2.24, 2.45) is 5.92 Å². The zero-order valence-corrected chi connectivity index (χ0v) is 15.5. The molecule has 3 rings (SSSR count). The standard InChI is InChI=1S/C19H25N3OS/c1-14-6-8-18(9-7-14)22(16(3)23)19-20-17(13-24-19)12-21-10-4-5-15(2)11-21/h6-9,13,15H,4-5,10-12H2,1-3H3. The van der Waals surface area contributed by atoms with Crippen molar-refractivity contribution in [3.63, 3.8) is 0 Å². The number of aromatic nitrogens is 1. The van der Waals surface area contributed by atoms with Gasteiger partial charge >= 0.3 is 0 Å². The topological polar surface area (TPSA) is 36.4 Å². The Labute approximate surface area is 148 Å². The molecular formula is C19H25N3OS. The predicted molar refractivity (Wildman–Crippen MR) is 99.8 cm³/mol. The van der Waals surface area contributed by atoms with Crippen LogP contribution in [0.5, 0.6) is 0 Å². The van der Waals surface area contributed by atoms with Gasteiger partial charge in [-0.25, -0.2) is 4.98 Å². The zero-order chi connectivity index (χ0) is 17.1. The number of rotatable bonds is 4. The normalized spacial score (nSPS) is 18.5. The molecule has 0 radical (unpaired) electrons. The highest BCUT2D eigenvalue weighted by atomic mass is 32.1. The highest BCUT2D eigenvalue weighted by Gasteiger charge is 2.20. The molecule has 1 aromatic carbocycles. The van der Waals surface area contributed by atoms with Crippen molar-refractivity contribution in [3.05, 3.63) is 40.9 Å². The molecule has 0 bridgehead atoms. The number of likely N-dealkylation sites (tertiary alicyclic amines) is 1. The fourth-order valence-electron chi connectivity index (χ4n) is 3.25. The number of carbonyl (C=O) groups is 1. The minimum Gasteiger partial charge on any atom is -0.297 e. The molecule has 4 nitrogen and oxygen atoms in total. The lowest BCUT2D eigenvalue weighted by Gasteiger charge is -2.30. The average molecular weight is 343 g/mol. The van der Waals surface area contributed by atoms with Gasteiger partial charge in [0.2, 0.25) is 5.91 Å². The monoisotopic (exact) mass is 343 g/mol. The first-order valence-electron chi connectivity index (χ1n) is 8.57. The van der Waals surface area contributed by atoms with Crippen LogP contribution >= 0.6 is 11.3 Å². The van der Waals surface area contributed by atoms with E-state index in [0.29, 0.717) is 0 Å². The summed E-state index contributed by atoms with van der Waals surface area (Å²) in [6.45, 7) is 9.11. The molecule has 1 amide bonds. The molecule has 2 heterocycles. The molecule has 5 heteroatoms.